The first-order chi connectivity index (χ1) is 27.8. The third-order valence-corrected chi connectivity index (χ3v) is 11.3. The molecule has 3 aromatic heterocycles. The highest BCUT2D eigenvalue weighted by molar-refractivity contribution is 6.44. The molecule has 0 atom stereocenters. The Balaban J connectivity index is 1.36. The summed E-state index contributed by atoms with van der Waals surface area (Å²) in [5.41, 5.74) is 7.50. The molecule has 0 bridgehead atoms. The molecule has 3 heterocycles. The molecule has 0 fully saturated rings. The van der Waals surface area contributed by atoms with Gasteiger partial charge in [0.2, 0.25) is 5.95 Å². The second-order valence-electron chi connectivity index (χ2n) is 14.3. The van der Waals surface area contributed by atoms with E-state index in [4.69, 9.17) is 15.0 Å². The number of rotatable bonds is 4. The average molecular weight is 714 g/mol. The molecule has 0 saturated heterocycles. The maximum Gasteiger partial charge on any atom is 0.238 e. The van der Waals surface area contributed by atoms with Crippen LogP contribution >= 0.6 is 0 Å². The number of hydrogen-bond acceptors (Lipinski definition) is 3. The van der Waals surface area contributed by atoms with Gasteiger partial charge in [-0.15, -0.1) is 0 Å². The third-order valence-electron chi connectivity index (χ3n) is 11.3. The molecule has 260 valence electrons. The number of aromatic nitrogens is 5. The average Bonchev–Trinajstić information content (AvgIpc) is 3.81. The van der Waals surface area contributed by atoms with Crippen molar-refractivity contribution in [2.45, 2.75) is 0 Å². The van der Waals surface area contributed by atoms with Crippen molar-refractivity contribution in [1.82, 2.24) is 24.1 Å². The molecule has 0 aliphatic rings. The standard InChI is InChI=1S/C51H31N5/c1-4-18-32(19-5-1)49-52-50(33-20-6-2-7-21-33)54-51(53-49)56-42-31-17-14-28-39(42)43-35-24-10-11-25-36(35)44-45(48(43)56)37-26-12-13-27-38(37)47-46(44)40-29-15-16-30-41(40)55(47)34-22-8-3-9-23-34/h1-31H. The topological polar surface area (TPSA) is 48.5 Å². The lowest BCUT2D eigenvalue weighted by Crippen LogP contribution is -2.06. The summed E-state index contributed by atoms with van der Waals surface area (Å²) in [5, 5.41) is 12.0. The van der Waals surface area contributed by atoms with E-state index in [0.717, 1.165) is 33.2 Å². The normalized spacial score (nSPS) is 11.9. The quantitative estimate of drug-likeness (QED) is 0.171. The summed E-state index contributed by atoms with van der Waals surface area (Å²) >= 11 is 0. The molecule has 5 nitrogen and oxygen atoms in total. The summed E-state index contributed by atoms with van der Waals surface area (Å²) in [4.78, 5) is 15.7. The highest BCUT2D eigenvalue weighted by Crippen LogP contribution is 2.50. The fourth-order valence-electron chi connectivity index (χ4n) is 9.05. The number of hydrogen-bond donors (Lipinski definition) is 0. The summed E-state index contributed by atoms with van der Waals surface area (Å²) in [5.74, 6) is 1.84. The Morgan fingerprint density at radius 2 is 0.696 bits per heavy atom. The first-order valence-corrected chi connectivity index (χ1v) is 19.0. The van der Waals surface area contributed by atoms with Gasteiger partial charge in [-0.25, -0.2) is 4.98 Å². The van der Waals surface area contributed by atoms with E-state index in [9.17, 15) is 0 Å². The number of nitrogens with zero attached hydrogens (tertiary/aromatic N) is 5. The van der Waals surface area contributed by atoms with Gasteiger partial charge in [-0.1, -0.05) is 164 Å². The first kappa shape index (κ1) is 30.8. The SMILES string of the molecule is c1ccc(-c2nc(-c3ccccc3)nc(-n3c4ccccc4c4c5ccccc5c5c6c7ccccc7n(-c7ccccc7)c6c6ccccc6c5c43)n2)cc1. The van der Waals surface area contributed by atoms with Gasteiger partial charge in [0.15, 0.2) is 11.6 Å². The molecular weight excluding hydrogens is 683 g/mol. The van der Waals surface area contributed by atoms with Crippen LogP contribution in [-0.2, 0) is 0 Å². The predicted octanol–water partition coefficient (Wildman–Crippen LogP) is 12.9. The first-order valence-electron chi connectivity index (χ1n) is 19.0. The lowest BCUT2D eigenvalue weighted by atomic mass is 9.90. The maximum absolute atomic E-state index is 5.33. The van der Waals surface area contributed by atoms with Crippen LogP contribution < -0.4 is 0 Å². The van der Waals surface area contributed by atoms with Crippen LogP contribution in [0.1, 0.15) is 0 Å². The van der Waals surface area contributed by atoms with Crippen LogP contribution in [0, 0.1) is 0 Å². The van der Waals surface area contributed by atoms with E-state index < -0.39 is 0 Å². The molecule has 0 saturated carbocycles. The van der Waals surface area contributed by atoms with Gasteiger partial charge < -0.3 is 4.57 Å². The molecule has 9 aromatic carbocycles. The molecule has 12 aromatic rings. The van der Waals surface area contributed by atoms with Gasteiger partial charge in [-0.05, 0) is 40.4 Å². The number of fused-ring (bicyclic) bond motifs is 15. The zero-order chi connectivity index (χ0) is 36.7. The summed E-state index contributed by atoms with van der Waals surface area (Å²) in [6.07, 6.45) is 0. The van der Waals surface area contributed by atoms with Gasteiger partial charge in [0.1, 0.15) is 0 Å². The summed E-state index contributed by atoms with van der Waals surface area (Å²) in [6.45, 7) is 0. The van der Waals surface area contributed by atoms with Crippen molar-refractivity contribution < 1.29 is 0 Å². The third kappa shape index (κ3) is 4.34. The van der Waals surface area contributed by atoms with Gasteiger partial charge in [0.05, 0.1) is 22.1 Å². The van der Waals surface area contributed by atoms with Crippen LogP contribution in [0.2, 0.25) is 0 Å². The largest absolute Gasteiger partial charge is 0.309 e. The van der Waals surface area contributed by atoms with E-state index >= 15 is 0 Å². The second kappa shape index (κ2) is 11.9. The minimum atomic E-state index is 0.580. The molecule has 56 heavy (non-hydrogen) atoms. The molecule has 0 aliphatic heterocycles. The predicted molar refractivity (Wildman–Crippen MR) is 232 cm³/mol. The van der Waals surface area contributed by atoms with Crippen molar-refractivity contribution >= 4 is 75.9 Å². The molecule has 0 unspecified atom stereocenters. The molecule has 0 radical (unpaired) electrons. The Morgan fingerprint density at radius 1 is 0.286 bits per heavy atom. The molecule has 0 amide bonds. The van der Waals surface area contributed by atoms with Gasteiger partial charge in [0.25, 0.3) is 0 Å². The Labute approximate surface area is 321 Å². The summed E-state index contributed by atoms with van der Waals surface area (Å²) in [6, 6.07) is 66.5. The van der Waals surface area contributed by atoms with Crippen molar-refractivity contribution in [3.05, 3.63) is 188 Å². The van der Waals surface area contributed by atoms with Crippen LogP contribution in [0.15, 0.2) is 188 Å². The zero-order valence-electron chi connectivity index (χ0n) is 30.1. The monoisotopic (exact) mass is 713 g/mol. The Kier molecular flexibility index (Phi) is 6.56. The second-order valence-corrected chi connectivity index (χ2v) is 14.3. The highest BCUT2D eigenvalue weighted by atomic mass is 15.2. The van der Waals surface area contributed by atoms with Crippen LogP contribution in [0.4, 0.5) is 0 Å². The fourth-order valence-corrected chi connectivity index (χ4v) is 9.05. The molecule has 12 rings (SSSR count). The summed E-state index contributed by atoms with van der Waals surface area (Å²) in [7, 11) is 0. The molecular formula is C51H31N5. The van der Waals surface area contributed by atoms with Crippen molar-refractivity contribution in [2.24, 2.45) is 0 Å². The van der Waals surface area contributed by atoms with E-state index in [1.807, 2.05) is 36.4 Å². The maximum atomic E-state index is 5.33. The lowest BCUT2D eigenvalue weighted by molar-refractivity contribution is 0.955. The van der Waals surface area contributed by atoms with Gasteiger partial charge in [0, 0.05) is 54.5 Å². The molecule has 0 aliphatic carbocycles. The van der Waals surface area contributed by atoms with E-state index in [0.29, 0.717) is 17.6 Å². The molecule has 0 spiro atoms. The van der Waals surface area contributed by atoms with Crippen LogP contribution in [-0.4, -0.2) is 24.1 Å². The van der Waals surface area contributed by atoms with Crippen molar-refractivity contribution in [3.8, 4) is 34.4 Å². The van der Waals surface area contributed by atoms with Crippen LogP contribution in [0.25, 0.3) is 110 Å². The van der Waals surface area contributed by atoms with E-state index in [1.54, 1.807) is 0 Å². The van der Waals surface area contributed by atoms with E-state index in [1.165, 1.54) is 59.5 Å². The Morgan fingerprint density at radius 3 is 1.29 bits per heavy atom. The number of para-hydroxylation sites is 3. The van der Waals surface area contributed by atoms with Crippen LogP contribution in [0.3, 0.4) is 0 Å². The van der Waals surface area contributed by atoms with Gasteiger partial charge in [-0.3, -0.25) is 4.57 Å². The highest BCUT2D eigenvalue weighted by Gasteiger charge is 2.27. The van der Waals surface area contributed by atoms with Crippen molar-refractivity contribution in [1.29, 1.82) is 0 Å². The van der Waals surface area contributed by atoms with Crippen LogP contribution in [0.5, 0.6) is 0 Å². The van der Waals surface area contributed by atoms with Crippen molar-refractivity contribution in [2.75, 3.05) is 0 Å². The zero-order valence-corrected chi connectivity index (χ0v) is 30.1. The smallest absolute Gasteiger partial charge is 0.238 e. The molecule has 0 N–H and O–H groups in total. The minimum absolute atomic E-state index is 0.580. The van der Waals surface area contributed by atoms with E-state index in [-0.39, 0.29) is 0 Å². The lowest BCUT2D eigenvalue weighted by Gasteiger charge is -2.17. The number of benzene rings is 9. The fraction of sp³-hybridized carbons (Fsp3) is 0. The van der Waals surface area contributed by atoms with Crippen molar-refractivity contribution in [3.63, 3.8) is 0 Å². The van der Waals surface area contributed by atoms with E-state index in [2.05, 4.69) is 161 Å². The molecule has 5 heteroatoms. The minimum Gasteiger partial charge on any atom is -0.309 e. The van der Waals surface area contributed by atoms with Gasteiger partial charge >= 0.3 is 0 Å². The Hall–Kier alpha value is -7.63. The Bertz CT molecular complexity index is 3450. The van der Waals surface area contributed by atoms with Gasteiger partial charge in [-0.2, -0.15) is 9.97 Å². The summed E-state index contributed by atoms with van der Waals surface area (Å²) < 4.78 is 4.75.